The summed E-state index contributed by atoms with van der Waals surface area (Å²) < 4.78 is 194. The Labute approximate surface area is 410 Å². The molecule has 320 valence electrons. The fourth-order valence-corrected chi connectivity index (χ4v) is 9.11. The standard InChI is InChI=1S/C60H54N4O/c1-58(2,3)38-30-31-61-55(34-38)64-52-26-15-14-24-47(52)48-29-28-42(36-54(48)64)65-41-19-16-18-40(35-41)62-37-63-56-50(32-39(59(4,5)6)33-51(56)60(7,8)9)46-23-13-11-21-44(46)43-20-10-12-22-45(43)49-25-17-27-53(62)57(49)63/h10-36H,1-9H3/i4D3,5D3,6D3,7D3,8D3,9D3,32D,33D. The molecule has 7 aromatic carbocycles. The molecule has 4 heterocycles. The monoisotopic (exact) mass is 867 g/mol. The fraction of sp³-hybridized carbons (Fsp3) is 0.200. The Balaban J connectivity index is 1.26. The number of ether oxygens (including phenoxy) is 1. The second-order valence-electron chi connectivity index (χ2n) is 17.5. The zero-order chi connectivity index (χ0) is 61.7. The van der Waals surface area contributed by atoms with E-state index in [4.69, 9.17) is 34.4 Å². The van der Waals surface area contributed by atoms with Gasteiger partial charge in [-0.3, -0.25) is 13.7 Å². The number of benzene rings is 7. The number of imidazole rings is 1. The van der Waals surface area contributed by atoms with Crippen molar-refractivity contribution >= 4 is 32.8 Å². The minimum atomic E-state index is -4.29. The van der Waals surface area contributed by atoms with Gasteiger partial charge in [-0.25, -0.2) is 4.98 Å². The highest BCUT2D eigenvalue weighted by atomic mass is 16.5. The Morgan fingerprint density at radius 3 is 1.92 bits per heavy atom. The van der Waals surface area contributed by atoms with Crippen molar-refractivity contribution in [3.63, 3.8) is 0 Å². The van der Waals surface area contributed by atoms with Crippen molar-refractivity contribution in [1.82, 2.24) is 14.1 Å². The van der Waals surface area contributed by atoms with Gasteiger partial charge in [-0.1, -0.05) is 165 Å². The highest BCUT2D eigenvalue weighted by Gasteiger charge is 2.31. The molecule has 0 radical (unpaired) electrons. The molecule has 0 saturated heterocycles. The Bertz CT molecular complexity index is 4270. The highest BCUT2D eigenvalue weighted by Crippen LogP contribution is 2.46. The number of nitrogens with zero attached hydrogens (tertiary/aromatic N) is 4. The smallest absolute Gasteiger partial charge is 0.269 e. The number of pyridine rings is 1. The highest BCUT2D eigenvalue weighted by molar-refractivity contribution is 6.09. The van der Waals surface area contributed by atoms with Crippen LogP contribution in [0.2, 0.25) is 0 Å². The average molecular weight is 867 g/mol. The maximum absolute atomic E-state index is 10.3. The van der Waals surface area contributed by atoms with Crippen molar-refractivity contribution in [2.45, 2.75) is 78.1 Å². The van der Waals surface area contributed by atoms with Crippen molar-refractivity contribution < 1.29 is 36.7 Å². The molecule has 0 saturated carbocycles. The Morgan fingerprint density at radius 2 is 1.18 bits per heavy atom. The molecule has 0 unspecified atom stereocenters. The molecular weight excluding hydrogens is 793 g/mol. The van der Waals surface area contributed by atoms with E-state index in [9.17, 15) is 2.74 Å². The number of aromatic nitrogens is 4. The lowest BCUT2D eigenvalue weighted by Crippen LogP contribution is -2.35. The molecule has 10 aromatic rings. The lowest BCUT2D eigenvalue weighted by atomic mass is 9.77. The fourth-order valence-electron chi connectivity index (χ4n) is 9.11. The van der Waals surface area contributed by atoms with Gasteiger partial charge < -0.3 is 4.74 Å². The molecule has 0 amide bonds. The van der Waals surface area contributed by atoms with E-state index >= 15 is 0 Å². The topological polar surface area (TPSA) is 35.9 Å². The van der Waals surface area contributed by atoms with E-state index < -0.39 is 86.4 Å². The lowest BCUT2D eigenvalue weighted by Gasteiger charge is -2.30. The first-order chi connectivity index (χ1) is 39.5. The molecule has 0 N–H and O–H groups in total. The van der Waals surface area contributed by atoms with Crippen LogP contribution in [0.3, 0.4) is 0 Å². The lowest BCUT2D eigenvalue weighted by molar-refractivity contribution is -0.572. The summed E-state index contributed by atoms with van der Waals surface area (Å²) in [7, 11) is 0. The van der Waals surface area contributed by atoms with Gasteiger partial charge in [0.25, 0.3) is 6.33 Å². The van der Waals surface area contributed by atoms with Crippen LogP contribution in [0.25, 0.3) is 83.4 Å². The first kappa shape index (κ1) is 24.2. The number of hydrogen-bond acceptors (Lipinski definition) is 2. The maximum Gasteiger partial charge on any atom is 0.269 e. The van der Waals surface area contributed by atoms with Gasteiger partial charge in [0.1, 0.15) is 17.3 Å². The molecule has 0 bridgehead atoms. The van der Waals surface area contributed by atoms with Crippen LogP contribution in [0.4, 0.5) is 0 Å². The Kier molecular flexibility index (Phi) is 5.45. The van der Waals surface area contributed by atoms with Crippen LogP contribution >= 0.6 is 0 Å². The third-order valence-corrected chi connectivity index (χ3v) is 12.1. The largest absolute Gasteiger partial charge is 0.458 e. The van der Waals surface area contributed by atoms with Crippen LogP contribution in [0.15, 0.2) is 164 Å². The normalized spacial score (nSPS) is 18.4. The SMILES string of the molecule is [2H]c1c2c(c(C(C([2H])([2H])[2H])(C([2H])([2H])[2H])C([2H])([2H])[2H])c([2H])c1C(C([2H])([2H])[2H])(C([2H])([2H])[2H])C([2H])([2H])[2H])-[n+]1[c-]n(-c3cccc(Oc4ccc5c6ccccc6n(-c6cc(C(C)(C)C)ccn6)c5c4)c3)c3cccc(c31)-c1ccccc1-c1ccccc1-2. The molecule has 0 aliphatic carbocycles. The predicted molar refractivity (Wildman–Crippen MR) is 268 cm³/mol. The molecule has 0 spiro atoms. The summed E-state index contributed by atoms with van der Waals surface area (Å²) in [6.45, 7) is -19.0. The zero-order valence-corrected chi connectivity index (χ0v) is 35.6. The molecule has 0 fully saturated rings. The van der Waals surface area contributed by atoms with Crippen molar-refractivity contribution in [3.8, 4) is 62.1 Å². The van der Waals surface area contributed by atoms with E-state index in [1.54, 1.807) is 85.1 Å². The molecule has 65 heavy (non-hydrogen) atoms. The molecule has 11 rings (SSSR count). The molecule has 0 atom stereocenters. The van der Waals surface area contributed by atoms with Crippen LogP contribution < -0.4 is 9.30 Å². The van der Waals surface area contributed by atoms with Gasteiger partial charge >= 0.3 is 0 Å². The summed E-state index contributed by atoms with van der Waals surface area (Å²) in [6, 6.07) is 39.4. The predicted octanol–water partition coefficient (Wildman–Crippen LogP) is 15.2. The minimum Gasteiger partial charge on any atom is -0.458 e. The summed E-state index contributed by atoms with van der Waals surface area (Å²) in [5.41, 5.74) is -8.61. The van der Waals surface area contributed by atoms with Crippen LogP contribution in [-0.2, 0) is 16.2 Å². The summed E-state index contributed by atoms with van der Waals surface area (Å²) in [5, 5.41) is 1.92. The third kappa shape index (κ3) is 6.75. The molecular formula is C60H54N4O. The average Bonchev–Trinajstić information content (AvgIpc) is 1.02. The Morgan fingerprint density at radius 1 is 0.554 bits per heavy atom. The second-order valence-corrected chi connectivity index (χ2v) is 17.5. The third-order valence-electron chi connectivity index (χ3n) is 12.1. The molecule has 1 aliphatic rings. The minimum absolute atomic E-state index is 0.0646. The molecule has 3 aromatic heterocycles. The molecule has 5 heteroatoms. The summed E-state index contributed by atoms with van der Waals surface area (Å²) in [5.74, 6) is 1.41. The van der Waals surface area contributed by atoms with Crippen molar-refractivity contribution in [2.24, 2.45) is 0 Å². The van der Waals surface area contributed by atoms with E-state index in [1.807, 2.05) is 48.5 Å². The van der Waals surface area contributed by atoms with Crippen LogP contribution in [0.5, 0.6) is 11.5 Å². The van der Waals surface area contributed by atoms with Gasteiger partial charge in [-0.2, -0.15) is 0 Å². The van der Waals surface area contributed by atoms with Gasteiger partial charge in [-0.05, 0) is 115 Å². The quantitative estimate of drug-likeness (QED) is 0.130. The number of rotatable bonds is 4. The van der Waals surface area contributed by atoms with Gasteiger partial charge in [-0.15, -0.1) is 0 Å². The zero-order valence-electron chi connectivity index (χ0n) is 55.6. The Hall–Kier alpha value is -7.24. The molecule has 1 aliphatic heterocycles. The number of fused-ring (bicyclic) bond motifs is 10. The van der Waals surface area contributed by atoms with Crippen molar-refractivity contribution in [1.29, 1.82) is 0 Å². The summed E-state index contributed by atoms with van der Waals surface area (Å²) in [6.07, 6.45) is 5.00. The van der Waals surface area contributed by atoms with E-state index in [0.29, 0.717) is 39.7 Å². The summed E-state index contributed by atoms with van der Waals surface area (Å²) >= 11 is 0. The molecule has 5 nitrogen and oxygen atoms in total. The number of hydrogen-bond donors (Lipinski definition) is 0. The van der Waals surface area contributed by atoms with Gasteiger partial charge in [0.05, 0.1) is 36.2 Å². The van der Waals surface area contributed by atoms with E-state index in [-0.39, 0.29) is 27.6 Å². The van der Waals surface area contributed by atoms with Gasteiger partial charge in [0.15, 0.2) is 0 Å². The maximum atomic E-state index is 10.3. The van der Waals surface area contributed by atoms with Crippen LogP contribution in [-0.4, -0.2) is 14.1 Å². The first-order valence-electron chi connectivity index (χ1n) is 31.1. The van der Waals surface area contributed by atoms with Gasteiger partial charge in [0.2, 0.25) is 0 Å². The van der Waals surface area contributed by atoms with E-state index in [2.05, 4.69) is 37.7 Å². The van der Waals surface area contributed by atoms with Crippen molar-refractivity contribution in [2.75, 3.05) is 0 Å². The first-order valence-corrected chi connectivity index (χ1v) is 21.1. The van der Waals surface area contributed by atoms with Crippen LogP contribution in [0, 0.1) is 6.33 Å². The number of para-hydroxylation sites is 2. The van der Waals surface area contributed by atoms with E-state index in [1.165, 1.54) is 16.7 Å². The second kappa shape index (κ2) is 14.6. The van der Waals surface area contributed by atoms with Crippen molar-refractivity contribution in [3.05, 3.63) is 187 Å². The van der Waals surface area contributed by atoms with Crippen LogP contribution in [0.1, 0.15) is 106 Å². The van der Waals surface area contributed by atoms with Gasteiger partial charge in [0, 0.05) is 47.7 Å². The summed E-state index contributed by atoms with van der Waals surface area (Å²) in [4.78, 5) is 4.80. The van der Waals surface area contributed by atoms with E-state index in [0.717, 1.165) is 31.9 Å².